The van der Waals surface area contributed by atoms with Crippen LogP contribution in [0.4, 0.5) is 8.78 Å². The molecule has 1 saturated heterocycles. The molecule has 3 atom stereocenters. The van der Waals surface area contributed by atoms with Crippen molar-refractivity contribution in [1.29, 1.82) is 0 Å². The van der Waals surface area contributed by atoms with Gasteiger partial charge in [-0.2, -0.15) is 5.48 Å². The van der Waals surface area contributed by atoms with Crippen molar-refractivity contribution in [2.45, 2.75) is 18.1 Å². The Morgan fingerprint density at radius 3 is 2.94 bits per heavy atom. The quantitative estimate of drug-likeness (QED) is 0.865. The van der Waals surface area contributed by atoms with Crippen LogP contribution in [0.15, 0.2) is 18.2 Å². The predicted molar refractivity (Wildman–Crippen MR) is 55.2 cm³/mol. The number of benzene rings is 1. The van der Waals surface area contributed by atoms with Crippen LogP contribution < -0.4 is 5.48 Å². The van der Waals surface area contributed by atoms with Gasteiger partial charge in [0.2, 0.25) is 0 Å². The lowest BCUT2D eigenvalue weighted by atomic mass is 9.87. The van der Waals surface area contributed by atoms with Crippen molar-refractivity contribution >= 4 is 11.6 Å². The van der Waals surface area contributed by atoms with Gasteiger partial charge in [-0.05, 0) is 18.1 Å². The fourth-order valence-corrected chi connectivity index (χ4v) is 2.67. The van der Waals surface area contributed by atoms with E-state index in [2.05, 4.69) is 5.48 Å². The van der Waals surface area contributed by atoms with Gasteiger partial charge in [0.25, 0.3) is 0 Å². The normalized spacial score (nSPS) is 36.2. The Labute approximate surface area is 96.5 Å². The van der Waals surface area contributed by atoms with Crippen LogP contribution >= 0.6 is 11.6 Å². The molecule has 0 bridgehead atoms. The van der Waals surface area contributed by atoms with E-state index in [4.69, 9.17) is 16.4 Å². The average Bonchev–Trinajstić information content (AvgIpc) is 2.99. The van der Waals surface area contributed by atoms with E-state index in [1.165, 1.54) is 12.1 Å². The minimum absolute atomic E-state index is 0.0243. The third-order valence-corrected chi connectivity index (χ3v) is 3.78. The molecule has 2 nitrogen and oxygen atoms in total. The monoisotopic (exact) mass is 245 g/mol. The maximum absolute atomic E-state index is 13.4. The van der Waals surface area contributed by atoms with Gasteiger partial charge in [0.15, 0.2) is 0 Å². The Hall–Kier alpha value is -0.710. The SMILES string of the molecule is FC[C@]1(c2cccc(F)c2Cl)NO[C@@H]2CC21. The first-order valence-electron chi connectivity index (χ1n) is 5.12. The zero-order chi connectivity index (χ0) is 11.3. The lowest BCUT2D eigenvalue weighted by Crippen LogP contribution is -2.42. The first-order chi connectivity index (χ1) is 7.69. The Morgan fingerprint density at radius 1 is 1.56 bits per heavy atom. The summed E-state index contributed by atoms with van der Waals surface area (Å²) in [4.78, 5) is 5.21. The van der Waals surface area contributed by atoms with Crippen molar-refractivity contribution in [2.24, 2.45) is 5.92 Å². The van der Waals surface area contributed by atoms with E-state index in [0.717, 1.165) is 6.42 Å². The standard InChI is InChI=1S/C11H10ClF2NO/c12-10-6(2-1-3-8(10)14)11(5-13)7-4-9(7)16-15-11/h1-3,7,9,15H,4-5H2/t7?,9-,11-/m1/s1. The van der Waals surface area contributed by atoms with E-state index in [9.17, 15) is 8.78 Å². The molecule has 5 heteroatoms. The molecule has 0 radical (unpaired) electrons. The predicted octanol–water partition coefficient (Wildman–Crippen LogP) is 2.57. The summed E-state index contributed by atoms with van der Waals surface area (Å²) in [6.07, 6.45) is 0.833. The van der Waals surface area contributed by atoms with Crippen molar-refractivity contribution in [3.8, 4) is 0 Å². The van der Waals surface area contributed by atoms with Crippen LogP contribution in [0, 0.1) is 11.7 Å². The number of rotatable bonds is 2. The van der Waals surface area contributed by atoms with E-state index < -0.39 is 18.0 Å². The topological polar surface area (TPSA) is 21.3 Å². The van der Waals surface area contributed by atoms with Crippen LogP contribution in [0.3, 0.4) is 0 Å². The summed E-state index contributed by atoms with van der Waals surface area (Å²) in [5, 5.41) is -0.0243. The molecule has 0 amide bonds. The highest BCUT2D eigenvalue weighted by atomic mass is 35.5. The van der Waals surface area contributed by atoms with Gasteiger partial charge in [-0.25, -0.2) is 8.78 Å². The first-order valence-corrected chi connectivity index (χ1v) is 5.50. The summed E-state index contributed by atoms with van der Waals surface area (Å²) in [6, 6.07) is 4.44. The molecule has 1 aliphatic heterocycles. The second-order valence-corrected chi connectivity index (χ2v) is 4.68. The van der Waals surface area contributed by atoms with Crippen LogP contribution in [0.1, 0.15) is 12.0 Å². The second-order valence-electron chi connectivity index (χ2n) is 4.31. The van der Waals surface area contributed by atoms with Gasteiger partial charge in [-0.15, -0.1) is 0 Å². The van der Waals surface area contributed by atoms with E-state index in [-0.39, 0.29) is 17.0 Å². The van der Waals surface area contributed by atoms with Crippen molar-refractivity contribution < 1.29 is 13.6 Å². The van der Waals surface area contributed by atoms with E-state index in [0.29, 0.717) is 5.56 Å². The number of hydrogen-bond acceptors (Lipinski definition) is 2. The highest BCUT2D eigenvalue weighted by Crippen LogP contribution is 2.54. The molecule has 1 heterocycles. The van der Waals surface area contributed by atoms with Crippen LogP contribution in [0.5, 0.6) is 0 Å². The molecule has 16 heavy (non-hydrogen) atoms. The number of hydroxylamine groups is 1. The van der Waals surface area contributed by atoms with Crippen LogP contribution in [-0.2, 0) is 10.4 Å². The van der Waals surface area contributed by atoms with Crippen LogP contribution in [-0.4, -0.2) is 12.8 Å². The van der Waals surface area contributed by atoms with Crippen molar-refractivity contribution in [3.05, 3.63) is 34.6 Å². The molecule has 86 valence electrons. The molecule has 2 aliphatic rings. The fourth-order valence-electron chi connectivity index (χ4n) is 2.38. The zero-order valence-electron chi connectivity index (χ0n) is 8.34. The zero-order valence-corrected chi connectivity index (χ0v) is 9.10. The first kappa shape index (κ1) is 10.4. The Balaban J connectivity index is 2.10. The maximum atomic E-state index is 13.4. The van der Waals surface area contributed by atoms with Gasteiger partial charge in [-0.3, -0.25) is 4.84 Å². The molecule has 0 aromatic heterocycles. The molecule has 1 aromatic rings. The largest absolute Gasteiger partial charge is 0.297 e. The molecule has 2 fully saturated rings. The highest BCUT2D eigenvalue weighted by molar-refractivity contribution is 6.31. The third-order valence-electron chi connectivity index (χ3n) is 3.40. The minimum atomic E-state index is -0.968. The number of hydrogen-bond donors (Lipinski definition) is 1. The summed E-state index contributed by atoms with van der Waals surface area (Å²) >= 11 is 5.89. The molecule has 1 saturated carbocycles. The lowest BCUT2D eigenvalue weighted by Gasteiger charge is -2.28. The van der Waals surface area contributed by atoms with Crippen LogP contribution in [0.2, 0.25) is 5.02 Å². The fraction of sp³-hybridized carbons (Fsp3) is 0.455. The molecule has 0 spiro atoms. The summed E-state index contributed by atoms with van der Waals surface area (Å²) in [5.74, 6) is -0.477. The molecule has 1 unspecified atom stereocenters. The van der Waals surface area contributed by atoms with Crippen LogP contribution in [0.25, 0.3) is 0 Å². The molecular formula is C11H10ClF2NO. The number of alkyl halides is 1. The molecule has 1 aromatic carbocycles. The Bertz CT molecular complexity index is 442. The highest BCUT2D eigenvalue weighted by Gasteiger charge is 2.61. The summed E-state index contributed by atoms with van der Waals surface area (Å²) in [7, 11) is 0. The van der Waals surface area contributed by atoms with Crippen molar-refractivity contribution in [2.75, 3.05) is 6.67 Å². The molecule has 1 N–H and O–H groups in total. The summed E-state index contributed by atoms with van der Waals surface area (Å²) in [5.41, 5.74) is 2.16. The molecule has 1 aliphatic carbocycles. The number of nitrogens with one attached hydrogen (secondary N) is 1. The number of halogens is 3. The summed E-state index contributed by atoms with van der Waals surface area (Å²) in [6.45, 7) is -0.655. The molecule has 3 rings (SSSR count). The average molecular weight is 246 g/mol. The van der Waals surface area contributed by atoms with Gasteiger partial charge >= 0.3 is 0 Å². The van der Waals surface area contributed by atoms with Crippen molar-refractivity contribution in [3.63, 3.8) is 0 Å². The van der Waals surface area contributed by atoms with Gasteiger partial charge in [0.05, 0.1) is 11.1 Å². The Kier molecular flexibility index (Phi) is 2.21. The van der Waals surface area contributed by atoms with E-state index >= 15 is 0 Å². The Morgan fingerprint density at radius 2 is 2.38 bits per heavy atom. The van der Waals surface area contributed by atoms with Gasteiger partial charge < -0.3 is 0 Å². The number of fused-ring (bicyclic) bond motifs is 1. The third kappa shape index (κ3) is 1.24. The van der Waals surface area contributed by atoms with Gasteiger partial charge in [0, 0.05) is 5.92 Å². The second kappa shape index (κ2) is 3.39. The van der Waals surface area contributed by atoms with Gasteiger partial charge in [-0.1, -0.05) is 23.7 Å². The smallest absolute Gasteiger partial charge is 0.142 e. The van der Waals surface area contributed by atoms with E-state index in [1.54, 1.807) is 6.07 Å². The molecular weight excluding hydrogens is 236 g/mol. The summed E-state index contributed by atoms with van der Waals surface area (Å²) < 4.78 is 26.7. The lowest BCUT2D eigenvalue weighted by molar-refractivity contribution is 0.00838. The van der Waals surface area contributed by atoms with Crippen molar-refractivity contribution in [1.82, 2.24) is 5.48 Å². The van der Waals surface area contributed by atoms with Gasteiger partial charge in [0.1, 0.15) is 18.0 Å². The minimum Gasteiger partial charge on any atom is -0.297 e. The van der Waals surface area contributed by atoms with E-state index in [1.807, 2.05) is 0 Å². The maximum Gasteiger partial charge on any atom is 0.142 e.